The molecular formula is C12H12ClF6NO. The first-order valence-corrected chi connectivity index (χ1v) is 6.10. The van der Waals surface area contributed by atoms with Crippen molar-refractivity contribution in [1.82, 2.24) is 0 Å². The first-order valence-electron chi connectivity index (χ1n) is 5.73. The second kappa shape index (κ2) is 6.41. The van der Waals surface area contributed by atoms with Crippen molar-refractivity contribution in [3.63, 3.8) is 0 Å². The van der Waals surface area contributed by atoms with Gasteiger partial charge in [-0.1, -0.05) is 23.7 Å². The standard InChI is InChI=1S/C12H12ClF6NO/c1-6(20)9(7-3-2-4-8(13)5-7)21-10(11(14,15)16)12(17,18)19/h2-6,9-10H,20H2,1H3. The van der Waals surface area contributed by atoms with Crippen LogP contribution in [0.25, 0.3) is 0 Å². The molecule has 0 saturated heterocycles. The van der Waals surface area contributed by atoms with Gasteiger partial charge in [0.1, 0.15) is 0 Å². The average molecular weight is 336 g/mol. The van der Waals surface area contributed by atoms with Crippen LogP contribution in [0.1, 0.15) is 18.6 Å². The minimum Gasteiger partial charge on any atom is -0.351 e. The summed E-state index contributed by atoms with van der Waals surface area (Å²) in [4.78, 5) is 0. The van der Waals surface area contributed by atoms with E-state index in [0.29, 0.717) is 0 Å². The molecule has 0 aliphatic heterocycles. The maximum atomic E-state index is 12.5. The lowest BCUT2D eigenvalue weighted by Gasteiger charge is -2.30. The average Bonchev–Trinajstić information content (AvgIpc) is 2.25. The van der Waals surface area contributed by atoms with Crippen LogP contribution < -0.4 is 5.73 Å². The maximum Gasteiger partial charge on any atom is 0.423 e. The van der Waals surface area contributed by atoms with Crippen LogP contribution in [0, 0.1) is 0 Å². The van der Waals surface area contributed by atoms with E-state index < -0.39 is 30.6 Å². The molecule has 0 saturated carbocycles. The predicted octanol–water partition coefficient (Wildman–Crippen LogP) is 4.24. The van der Waals surface area contributed by atoms with Gasteiger partial charge in [0.15, 0.2) is 0 Å². The summed E-state index contributed by atoms with van der Waals surface area (Å²) in [5.41, 5.74) is 5.49. The molecule has 0 radical (unpaired) electrons. The highest BCUT2D eigenvalue weighted by atomic mass is 35.5. The Labute approximate surface area is 121 Å². The SMILES string of the molecule is CC(N)C(OC(C(F)(F)F)C(F)(F)F)c1cccc(Cl)c1. The summed E-state index contributed by atoms with van der Waals surface area (Å²) in [7, 11) is 0. The van der Waals surface area contributed by atoms with Gasteiger partial charge in [0.05, 0.1) is 6.10 Å². The van der Waals surface area contributed by atoms with Crippen LogP contribution >= 0.6 is 11.6 Å². The zero-order chi connectivity index (χ0) is 16.4. The smallest absolute Gasteiger partial charge is 0.351 e. The summed E-state index contributed by atoms with van der Waals surface area (Å²) in [6.45, 7) is 1.25. The summed E-state index contributed by atoms with van der Waals surface area (Å²) in [5.74, 6) is 0. The lowest BCUT2D eigenvalue weighted by atomic mass is 10.0. The molecule has 0 aliphatic carbocycles. The van der Waals surface area contributed by atoms with Crippen LogP contribution in [0.3, 0.4) is 0 Å². The number of benzene rings is 1. The molecule has 2 N–H and O–H groups in total. The Morgan fingerprint density at radius 3 is 2.00 bits per heavy atom. The monoisotopic (exact) mass is 335 g/mol. The summed E-state index contributed by atoms with van der Waals surface area (Å²) in [6.07, 6.45) is -16.7. The van der Waals surface area contributed by atoms with Gasteiger partial charge in [-0.15, -0.1) is 0 Å². The Kier molecular flexibility index (Phi) is 5.51. The predicted molar refractivity (Wildman–Crippen MR) is 64.8 cm³/mol. The molecule has 120 valence electrons. The minimum atomic E-state index is -5.59. The summed E-state index contributed by atoms with van der Waals surface area (Å²) >= 11 is 5.67. The summed E-state index contributed by atoms with van der Waals surface area (Å²) in [5, 5.41) is 0.150. The van der Waals surface area contributed by atoms with Crippen LogP contribution in [-0.4, -0.2) is 24.5 Å². The van der Waals surface area contributed by atoms with Crippen LogP contribution in [0.15, 0.2) is 24.3 Å². The largest absolute Gasteiger partial charge is 0.423 e. The molecule has 0 aromatic heterocycles. The van der Waals surface area contributed by atoms with Gasteiger partial charge in [-0.3, -0.25) is 0 Å². The number of rotatable bonds is 4. The highest BCUT2D eigenvalue weighted by Crippen LogP contribution is 2.39. The van der Waals surface area contributed by atoms with E-state index in [9.17, 15) is 26.3 Å². The number of halogens is 7. The summed E-state index contributed by atoms with van der Waals surface area (Å²) in [6, 6.07) is 4.21. The van der Waals surface area contributed by atoms with Crippen LogP contribution in [0.2, 0.25) is 5.02 Å². The van der Waals surface area contributed by atoms with Gasteiger partial charge in [-0.2, -0.15) is 26.3 Å². The third-order valence-electron chi connectivity index (χ3n) is 2.53. The Bertz CT molecular complexity index is 460. The molecule has 0 spiro atoms. The molecule has 2 unspecified atom stereocenters. The van der Waals surface area contributed by atoms with Crippen molar-refractivity contribution in [2.75, 3.05) is 0 Å². The van der Waals surface area contributed by atoms with Gasteiger partial charge in [0.25, 0.3) is 0 Å². The number of hydrogen-bond donors (Lipinski definition) is 1. The fourth-order valence-corrected chi connectivity index (χ4v) is 1.87. The van der Waals surface area contributed by atoms with E-state index in [0.717, 1.165) is 0 Å². The minimum absolute atomic E-state index is 0.0380. The van der Waals surface area contributed by atoms with Crippen molar-refractivity contribution in [2.24, 2.45) is 5.73 Å². The molecule has 0 bridgehead atoms. The van der Waals surface area contributed by atoms with E-state index in [-0.39, 0.29) is 10.6 Å². The van der Waals surface area contributed by atoms with E-state index in [4.69, 9.17) is 17.3 Å². The van der Waals surface area contributed by atoms with Crippen molar-refractivity contribution in [1.29, 1.82) is 0 Å². The Morgan fingerprint density at radius 1 is 1.10 bits per heavy atom. The van der Waals surface area contributed by atoms with Gasteiger partial charge in [0.2, 0.25) is 6.10 Å². The van der Waals surface area contributed by atoms with Gasteiger partial charge in [-0.25, -0.2) is 0 Å². The van der Waals surface area contributed by atoms with E-state index in [1.165, 1.54) is 31.2 Å². The molecule has 9 heteroatoms. The number of alkyl halides is 6. The van der Waals surface area contributed by atoms with Crippen LogP contribution in [0.4, 0.5) is 26.3 Å². The molecule has 1 aromatic rings. The second-order valence-electron chi connectivity index (χ2n) is 4.43. The van der Waals surface area contributed by atoms with Crippen molar-refractivity contribution >= 4 is 11.6 Å². The van der Waals surface area contributed by atoms with Gasteiger partial charge < -0.3 is 10.5 Å². The maximum absolute atomic E-state index is 12.5. The lowest BCUT2D eigenvalue weighted by molar-refractivity contribution is -0.333. The zero-order valence-electron chi connectivity index (χ0n) is 10.7. The van der Waals surface area contributed by atoms with Crippen molar-refractivity contribution in [3.8, 4) is 0 Å². The van der Waals surface area contributed by atoms with E-state index in [1.807, 2.05) is 0 Å². The third-order valence-corrected chi connectivity index (χ3v) is 2.77. The third kappa shape index (κ3) is 5.05. The summed E-state index contributed by atoms with van der Waals surface area (Å²) < 4.78 is 79.4. The molecule has 0 amide bonds. The molecule has 21 heavy (non-hydrogen) atoms. The number of hydrogen-bond acceptors (Lipinski definition) is 2. The molecule has 0 fully saturated rings. The number of ether oxygens (including phenoxy) is 1. The Hall–Kier alpha value is -0.990. The van der Waals surface area contributed by atoms with Crippen LogP contribution in [0.5, 0.6) is 0 Å². The molecule has 0 aliphatic rings. The van der Waals surface area contributed by atoms with Gasteiger partial charge in [0, 0.05) is 11.1 Å². The quantitative estimate of drug-likeness (QED) is 0.835. The van der Waals surface area contributed by atoms with Crippen molar-refractivity contribution in [3.05, 3.63) is 34.9 Å². The molecule has 0 heterocycles. The van der Waals surface area contributed by atoms with Gasteiger partial charge >= 0.3 is 12.4 Å². The molecule has 2 nitrogen and oxygen atoms in total. The Morgan fingerprint density at radius 2 is 1.62 bits per heavy atom. The normalized spacial score (nSPS) is 16.1. The van der Waals surface area contributed by atoms with Crippen molar-refractivity contribution in [2.45, 2.75) is 37.5 Å². The van der Waals surface area contributed by atoms with Crippen molar-refractivity contribution < 1.29 is 31.1 Å². The first-order chi connectivity index (χ1) is 9.43. The molecular weight excluding hydrogens is 324 g/mol. The van der Waals surface area contributed by atoms with E-state index in [1.54, 1.807) is 0 Å². The van der Waals surface area contributed by atoms with Crippen LogP contribution in [-0.2, 0) is 4.74 Å². The lowest BCUT2D eigenvalue weighted by Crippen LogP contribution is -2.47. The fraction of sp³-hybridized carbons (Fsp3) is 0.500. The fourth-order valence-electron chi connectivity index (χ4n) is 1.68. The molecule has 1 rings (SSSR count). The van der Waals surface area contributed by atoms with Gasteiger partial charge in [-0.05, 0) is 24.6 Å². The topological polar surface area (TPSA) is 35.2 Å². The highest BCUT2D eigenvalue weighted by Gasteiger charge is 2.59. The molecule has 2 atom stereocenters. The molecule has 1 aromatic carbocycles. The van der Waals surface area contributed by atoms with E-state index >= 15 is 0 Å². The second-order valence-corrected chi connectivity index (χ2v) is 4.87. The Balaban J connectivity index is 3.12. The zero-order valence-corrected chi connectivity index (χ0v) is 11.4. The highest BCUT2D eigenvalue weighted by molar-refractivity contribution is 6.30. The first kappa shape index (κ1) is 18.1. The number of nitrogens with two attached hydrogens (primary N) is 1. The van der Waals surface area contributed by atoms with E-state index in [2.05, 4.69) is 4.74 Å².